The van der Waals surface area contributed by atoms with Crippen molar-refractivity contribution < 1.29 is 4.52 Å². The van der Waals surface area contributed by atoms with Gasteiger partial charge in [0.25, 0.3) is 5.89 Å². The second kappa shape index (κ2) is 3.96. The molecule has 0 aliphatic rings. The molecule has 18 heavy (non-hydrogen) atoms. The van der Waals surface area contributed by atoms with Crippen molar-refractivity contribution in [2.45, 2.75) is 20.4 Å². The molecule has 0 fully saturated rings. The van der Waals surface area contributed by atoms with Gasteiger partial charge in [-0.15, -0.1) is 0 Å². The quantitative estimate of drug-likeness (QED) is 0.722. The van der Waals surface area contributed by atoms with Crippen LogP contribution in [0.4, 0.5) is 0 Å². The number of benzene rings is 1. The predicted octanol–water partition coefficient (Wildman–Crippen LogP) is 2.29. The Morgan fingerprint density at radius 3 is 2.89 bits per heavy atom. The highest BCUT2D eigenvalue weighted by atomic mass is 16.5. The lowest BCUT2D eigenvalue weighted by molar-refractivity contribution is 0.423. The lowest BCUT2D eigenvalue weighted by atomic mass is 10.1. The second-order valence-electron chi connectivity index (χ2n) is 4.34. The Bertz CT molecular complexity index is 711. The van der Waals surface area contributed by atoms with Crippen LogP contribution in [0.25, 0.3) is 22.4 Å². The molecule has 0 saturated carbocycles. The highest BCUT2D eigenvalue weighted by Crippen LogP contribution is 2.32. The van der Waals surface area contributed by atoms with E-state index in [1.807, 2.05) is 19.1 Å². The van der Waals surface area contributed by atoms with E-state index >= 15 is 0 Å². The third-order valence-corrected chi connectivity index (χ3v) is 3.09. The van der Waals surface area contributed by atoms with Gasteiger partial charge in [-0.25, -0.2) is 0 Å². The number of para-hydroxylation sites is 1. The summed E-state index contributed by atoms with van der Waals surface area (Å²) < 4.78 is 5.27. The maximum absolute atomic E-state index is 5.50. The van der Waals surface area contributed by atoms with Crippen molar-refractivity contribution in [2.24, 2.45) is 5.73 Å². The fourth-order valence-corrected chi connectivity index (χ4v) is 2.21. The van der Waals surface area contributed by atoms with E-state index in [0.717, 1.165) is 22.2 Å². The zero-order chi connectivity index (χ0) is 12.7. The average Bonchev–Trinajstić information content (AvgIpc) is 2.93. The molecule has 3 N–H and O–H groups in total. The van der Waals surface area contributed by atoms with E-state index in [1.54, 1.807) is 0 Å². The first-order chi connectivity index (χ1) is 8.70. The third kappa shape index (κ3) is 1.52. The van der Waals surface area contributed by atoms with Gasteiger partial charge in [0.15, 0.2) is 5.82 Å². The van der Waals surface area contributed by atoms with Crippen LogP contribution in [0, 0.1) is 13.8 Å². The van der Waals surface area contributed by atoms with E-state index in [0.29, 0.717) is 11.7 Å². The number of aromatic nitrogens is 3. The first-order valence-corrected chi connectivity index (χ1v) is 5.81. The molecular formula is C13H14N4O. The zero-order valence-corrected chi connectivity index (χ0v) is 10.3. The molecule has 2 heterocycles. The minimum atomic E-state index is 0.282. The standard InChI is InChI=1S/C13H14N4O/c1-7-4-3-5-9-11(8(2)15-12(7)9)13-16-10(6-14)17-18-13/h3-5,15H,6,14H2,1-2H3. The van der Waals surface area contributed by atoms with Crippen molar-refractivity contribution in [3.8, 4) is 11.5 Å². The first-order valence-electron chi connectivity index (χ1n) is 5.81. The Hall–Kier alpha value is -2.14. The van der Waals surface area contributed by atoms with Gasteiger partial charge in [0, 0.05) is 16.6 Å². The highest BCUT2D eigenvalue weighted by molar-refractivity contribution is 5.96. The van der Waals surface area contributed by atoms with Gasteiger partial charge in [-0.2, -0.15) is 4.98 Å². The van der Waals surface area contributed by atoms with Crippen molar-refractivity contribution in [3.63, 3.8) is 0 Å². The van der Waals surface area contributed by atoms with Gasteiger partial charge in [0.2, 0.25) is 0 Å². The van der Waals surface area contributed by atoms with Crippen LogP contribution in [0.3, 0.4) is 0 Å². The van der Waals surface area contributed by atoms with E-state index in [4.69, 9.17) is 10.3 Å². The Labute approximate surface area is 104 Å². The van der Waals surface area contributed by atoms with Crippen LogP contribution < -0.4 is 5.73 Å². The van der Waals surface area contributed by atoms with Gasteiger partial charge < -0.3 is 15.2 Å². The van der Waals surface area contributed by atoms with Crippen LogP contribution in [0.1, 0.15) is 17.1 Å². The van der Waals surface area contributed by atoms with Gasteiger partial charge in [-0.3, -0.25) is 0 Å². The Morgan fingerprint density at radius 1 is 1.33 bits per heavy atom. The number of nitrogens with one attached hydrogen (secondary N) is 1. The number of rotatable bonds is 2. The fourth-order valence-electron chi connectivity index (χ4n) is 2.21. The van der Waals surface area contributed by atoms with E-state index in [2.05, 4.69) is 28.1 Å². The normalized spacial score (nSPS) is 11.3. The molecule has 2 aromatic heterocycles. The molecule has 92 valence electrons. The van der Waals surface area contributed by atoms with Crippen molar-refractivity contribution >= 4 is 10.9 Å². The van der Waals surface area contributed by atoms with E-state index in [-0.39, 0.29) is 6.54 Å². The lowest BCUT2D eigenvalue weighted by Crippen LogP contribution is -1.97. The van der Waals surface area contributed by atoms with Crippen LogP contribution >= 0.6 is 0 Å². The number of nitrogens with two attached hydrogens (primary N) is 1. The molecule has 3 rings (SSSR count). The first kappa shape index (κ1) is 11.0. The van der Waals surface area contributed by atoms with Crippen LogP contribution in [0.2, 0.25) is 0 Å². The van der Waals surface area contributed by atoms with Crippen molar-refractivity contribution in [1.82, 2.24) is 15.1 Å². The summed E-state index contributed by atoms with van der Waals surface area (Å²) in [6.45, 7) is 4.35. The van der Waals surface area contributed by atoms with Crippen LogP contribution in [-0.4, -0.2) is 15.1 Å². The van der Waals surface area contributed by atoms with Gasteiger partial charge >= 0.3 is 0 Å². The van der Waals surface area contributed by atoms with Gasteiger partial charge in [-0.1, -0.05) is 23.4 Å². The zero-order valence-electron chi connectivity index (χ0n) is 10.3. The highest BCUT2D eigenvalue weighted by Gasteiger charge is 2.17. The molecule has 0 aliphatic heterocycles. The summed E-state index contributed by atoms with van der Waals surface area (Å²) in [7, 11) is 0. The Kier molecular flexibility index (Phi) is 2.41. The molecule has 0 radical (unpaired) electrons. The Balaban J connectivity index is 2.28. The molecule has 0 saturated heterocycles. The monoisotopic (exact) mass is 242 g/mol. The summed E-state index contributed by atoms with van der Waals surface area (Å²) >= 11 is 0. The molecule has 0 unspecified atom stereocenters. The smallest absolute Gasteiger partial charge is 0.260 e. The summed E-state index contributed by atoms with van der Waals surface area (Å²) in [6, 6.07) is 6.14. The summed E-state index contributed by atoms with van der Waals surface area (Å²) in [6.07, 6.45) is 0. The predicted molar refractivity (Wildman–Crippen MR) is 69.0 cm³/mol. The lowest BCUT2D eigenvalue weighted by Gasteiger charge is -1.95. The maximum atomic E-state index is 5.50. The maximum Gasteiger partial charge on any atom is 0.260 e. The van der Waals surface area contributed by atoms with Crippen molar-refractivity contribution in [2.75, 3.05) is 0 Å². The van der Waals surface area contributed by atoms with E-state index in [1.165, 1.54) is 5.56 Å². The number of H-pyrrole nitrogens is 1. The average molecular weight is 242 g/mol. The summed E-state index contributed by atoms with van der Waals surface area (Å²) in [5.41, 5.74) is 9.78. The van der Waals surface area contributed by atoms with Crippen LogP contribution in [0.5, 0.6) is 0 Å². The van der Waals surface area contributed by atoms with Crippen LogP contribution in [-0.2, 0) is 6.54 Å². The molecule has 0 atom stereocenters. The van der Waals surface area contributed by atoms with E-state index in [9.17, 15) is 0 Å². The van der Waals surface area contributed by atoms with Gasteiger partial charge in [0.05, 0.1) is 12.1 Å². The second-order valence-corrected chi connectivity index (χ2v) is 4.34. The molecule has 0 bridgehead atoms. The summed E-state index contributed by atoms with van der Waals surface area (Å²) in [5, 5.41) is 4.93. The number of fused-ring (bicyclic) bond motifs is 1. The largest absolute Gasteiger partial charge is 0.358 e. The number of aryl methyl sites for hydroxylation is 2. The van der Waals surface area contributed by atoms with E-state index < -0.39 is 0 Å². The molecule has 5 heteroatoms. The van der Waals surface area contributed by atoms with Gasteiger partial charge in [0.1, 0.15) is 0 Å². The SMILES string of the molecule is Cc1[nH]c2c(C)cccc2c1-c1nc(CN)no1. The van der Waals surface area contributed by atoms with Crippen LogP contribution in [0.15, 0.2) is 22.7 Å². The fraction of sp³-hybridized carbons (Fsp3) is 0.231. The number of hydrogen-bond acceptors (Lipinski definition) is 4. The molecule has 5 nitrogen and oxygen atoms in total. The third-order valence-electron chi connectivity index (χ3n) is 3.09. The molecule has 0 aliphatic carbocycles. The molecule has 0 amide bonds. The summed E-state index contributed by atoms with van der Waals surface area (Å²) in [5.74, 6) is 1.04. The molecule has 1 aromatic carbocycles. The topological polar surface area (TPSA) is 80.7 Å². The van der Waals surface area contributed by atoms with Crippen molar-refractivity contribution in [3.05, 3.63) is 35.3 Å². The number of hydrogen-bond donors (Lipinski definition) is 2. The molecule has 3 aromatic rings. The minimum absolute atomic E-state index is 0.282. The number of nitrogens with zero attached hydrogens (tertiary/aromatic N) is 2. The summed E-state index contributed by atoms with van der Waals surface area (Å²) in [4.78, 5) is 7.65. The van der Waals surface area contributed by atoms with Gasteiger partial charge in [-0.05, 0) is 19.4 Å². The van der Waals surface area contributed by atoms with Crippen molar-refractivity contribution in [1.29, 1.82) is 0 Å². The number of aromatic amines is 1. The minimum Gasteiger partial charge on any atom is -0.358 e. The molecular weight excluding hydrogens is 228 g/mol. The molecule has 0 spiro atoms. The Morgan fingerprint density at radius 2 is 2.17 bits per heavy atom.